The Bertz CT molecular complexity index is 740. The molecule has 0 radical (unpaired) electrons. The Morgan fingerprint density at radius 3 is 2.33 bits per heavy atom. The van der Waals surface area contributed by atoms with Crippen LogP contribution in [-0.2, 0) is 4.74 Å². The number of hydrogen-bond donors (Lipinski definition) is 0. The van der Waals surface area contributed by atoms with Gasteiger partial charge < -0.3 is 9.47 Å². The molecule has 0 atom stereocenters. The lowest BCUT2D eigenvalue weighted by atomic mass is 10.1. The fraction of sp³-hybridized carbons (Fsp3) is 0.263. The smallest absolute Gasteiger partial charge is 0.344 e. The number of hydrogen-bond acceptors (Lipinski definition) is 4. The van der Waals surface area contributed by atoms with E-state index in [4.69, 9.17) is 21.1 Å². The van der Waals surface area contributed by atoms with Crippen molar-refractivity contribution in [1.29, 1.82) is 0 Å². The van der Waals surface area contributed by atoms with Crippen LogP contribution in [0.3, 0.4) is 0 Å². The molecule has 0 spiro atoms. The Morgan fingerprint density at radius 2 is 1.71 bits per heavy atom. The summed E-state index contributed by atoms with van der Waals surface area (Å²) in [6.45, 7) is 4.15. The highest BCUT2D eigenvalue weighted by atomic mass is 35.5. The largest absolute Gasteiger partial charge is 0.462 e. The first kappa shape index (κ1) is 18.0. The van der Waals surface area contributed by atoms with E-state index in [2.05, 4.69) is 0 Å². The van der Waals surface area contributed by atoms with Crippen molar-refractivity contribution in [2.45, 2.75) is 26.7 Å². The maximum absolute atomic E-state index is 12.4. The summed E-state index contributed by atoms with van der Waals surface area (Å²) in [5, 5.41) is 0.592. The van der Waals surface area contributed by atoms with Crippen LogP contribution in [0.15, 0.2) is 42.5 Å². The molecule has 0 saturated carbocycles. The predicted octanol–water partition coefficient (Wildman–Crippen LogP) is 4.82. The molecular weight excluding hydrogens is 328 g/mol. The van der Waals surface area contributed by atoms with Crippen LogP contribution in [0.4, 0.5) is 0 Å². The number of benzene rings is 2. The van der Waals surface area contributed by atoms with Crippen LogP contribution in [-0.4, -0.2) is 18.5 Å². The number of unbranched alkanes of at least 4 members (excludes halogenated alkanes) is 1. The Labute approximate surface area is 146 Å². The fourth-order valence-corrected chi connectivity index (χ4v) is 2.19. The summed E-state index contributed by atoms with van der Waals surface area (Å²) in [4.78, 5) is 24.6. The van der Waals surface area contributed by atoms with Crippen LogP contribution in [0, 0.1) is 6.92 Å². The van der Waals surface area contributed by atoms with E-state index in [-0.39, 0.29) is 11.1 Å². The standard InChI is InChI=1S/C19H19ClO4/c1-3-4-11-23-18(21)15-7-5-6-8-16(15)19(22)24-14-9-10-17(20)13(2)12-14/h5-10,12H,3-4,11H2,1-2H3. The van der Waals surface area contributed by atoms with Gasteiger partial charge in [-0.15, -0.1) is 0 Å². The second-order valence-electron chi connectivity index (χ2n) is 5.34. The van der Waals surface area contributed by atoms with E-state index in [0.29, 0.717) is 17.4 Å². The molecule has 0 aromatic heterocycles. The summed E-state index contributed by atoms with van der Waals surface area (Å²) < 4.78 is 10.5. The number of rotatable bonds is 6. The predicted molar refractivity (Wildman–Crippen MR) is 92.8 cm³/mol. The summed E-state index contributed by atoms with van der Waals surface area (Å²) in [7, 11) is 0. The van der Waals surface area contributed by atoms with Crippen molar-refractivity contribution < 1.29 is 19.1 Å². The number of ether oxygens (including phenoxy) is 2. The van der Waals surface area contributed by atoms with E-state index in [1.54, 1.807) is 42.5 Å². The van der Waals surface area contributed by atoms with Gasteiger partial charge in [-0.1, -0.05) is 37.1 Å². The Kier molecular flexibility index (Phi) is 6.38. The van der Waals surface area contributed by atoms with E-state index in [0.717, 1.165) is 18.4 Å². The molecule has 4 nitrogen and oxygen atoms in total. The molecule has 0 aliphatic carbocycles. The second kappa shape index (κ2) is 8.50. The van der Waals surface area contributed by atoms with Crippen molar-refractivity contribution in [1.82, 2.24) is 0 Å². The average Bonchev–Trinajstić information content (AvgIpc) is 2.58. The van der Waals surface area contributed by atoms with E-state index in [1.165, 1.54) is 0 Å². The normalized spacial score (nSPS) is 10.3. The molecule has 0 saturated heterocycles. The molecule has 24 heavy (non-hydrogen) atoms. The molecule has 2 rings (SSSR count). The van der Waals surface area contributed by atoms with E-state index in [1.807, 2.05) is 13.8 Å². The highest BCUT2D eigenvalue weighted by Gasteiger charge is 2.19. The maximum atomic E-state index is 12.4. The molecule has 0 fully saturated rings. The minimum atomic E-state index is -0.611. The second-order valence-corrected chi connectivity index (χ2v) is 5.74. The van der Waals surface area contributed by atoms with Crippen molar-refractivity contribution in [2.24, 2.45) is 0 Å². The summed E-state index contributed by atoms with van der Waals surface area (Å²) in [6, 6.07) is 11.4. The van der Waals surface area contributed by atoms with E-state index in [9.17, 15) is 9.59 Å². The zero-order valence-corrected chi connectivity index (χ0v) is 14.4. The minimum absolute atomic E-state index is 0.173. The van der Waals surface area contributed by atoms with Crippen LogP contribution in [0.1, 0.15) is 46.0 Å². The Balaban J connectivity index is 2.17. The third kappa shape index (κ3) is 4.59. The first-order valence-corrected chi connectivity index (χ1v) is 8.15. The quantitative estimate of drug-likeness (QED) is 0.427. The summed E-state index contributed by atoms with van der Waals surface area (Å²) >= 11 is 5.96. The number of carbonyl (C=O) groups is 2. The molecule has 0 N–H and O–H groups in total. The van der Waals surface area contributed by atoms with Crippen LogP contribution >= 0.6 is 11.6 Å². The highest BCUT2D eigenvalue weighted by Crippen LogP contribution is 2.22. The Hall–Kier alpha value is -2.33. The van der Waals surface area contributed by atoms with Gasteiger partial charge in [0.05, 0.1) is 17.7 Å². The zero-order chi connectivity index (χ0) is 17.5. The Morgan fingerprint density at radius 1 is 1.04 bits per heavy atom. The molecule has 5 heteroatoms. The summed E-state index contributed by atoms with van der Waals surface area (Å²) in [5.74, 6) is -0.765. The summed E-state index contributed by atoms with van der Waals surface area (Å²) in [5.41, 5.74) is 1.17. The minimum Gasteiger partial charge on any atom is -0.462 e. The topological polar surface area (TPSA) is 52.6 Å². The molecule has 0 aliphatic rings. The third-order valence-electron chi connectivity index (χ3n) is 3.44. The van der Waals surface area contributed by atoms with Gasteiger partial charge in [0, 0.05) is 5.02 Å². The molecular formula is C19H19ClO4. The van der Waals surface area contributed by atoms with E-state index < -0.39 is 11.9 Å². The fourth-order valence-electron chi connectivity index (χ4n) is 2.07. The van der Waals surface area contributed by atoms with Gasteiger partial charge in [0.25, 0.3) is 0 Å². The van der Waals surface area contributed by atoms with Gasteiger partial charge in [0.15, 0.2) is 0 Å². The van der Waals surface area contributed by atoms with Gasteiger partial charge in [-0.05, 0) is 49.2 Å². The molecule has 0 amide bonds. The first-order chi connectivity index (χ1) is 11.5. The van der Waals surface area contributed by atoms with Gasteiger partial charge in [-0.2, -0.15) is 0 Å². The zero-order valence-electron chi connectivity index (χ0n) is 13.7. The van der Waals surface area contributed by atoms with Gasteiger partial charge in [-0.3, -0.25) is 0 Å². The first-order valence-electron chi connectivity index (χ1n) is 7.77. The van der Waals surface area contributed by atoms with Gasteiger partial charge in [0.1, 0.15) is 5.75 Å². The van der Waals surface area contributed by atoms with Gasteiger partial charge in [0.2, 0.25) is 0 Å². The summed E-state index contributed by atoms with van der Waals surface area (Å²) in [6.07, 6.45) is 1.70. The molecule has 2 aromatic rings. The maximum Gasteiger partial charge on any atom is 0.344 e. The van der Waals surface area contributed by atoms with Crippen molar-refractivity contribution in [3.05, 3.63) is 64.2 Å². The molecule has 0 aliphatic heterocycles. The van der Waals surface area contributed by atoms with Crippen LogP contribution in [0.5, 0.6) is 5.75 Å². The van der Waals surface area contributed by atoms with Crippen LogP contribution in [0.2, 0.25) is 5.02 Å². The lowest BCUT2D eigenvalue weighted by molar-refractivity contribution is 0.0491. The molecule has 2 aromatic carbocycles. The van der Waals surface area contributed by atoms with Crippen LogP contribution in [0.25, 0.3) is 0 Å². The van der Waals surface area contributed by atoms with Crippen molar-refractivity contribution in [3.8, 4) is 5.75 Å². The molecule has 126 valence electrons. The third-order valence-corrected chi connectivity index (χ3v) is 3.86. The number of carbonyl (C=O) groups excluding carboxylic acids is 2. The van der Waals surface area contributed by atoms with Crippen molar-refractivity contribution in [3.63, 3.8) is 0 Å². The van der Waals surface area contributed by atoms with E-state index >= 15 is 0 Å². The molecule has 0 unspecified atom stereocenters. The lowest BCUT2D eigenvalue weighted by Crippen LogP contribution is -2.16. The number of aryl methyl sites for hydroxylation is 1. The van der Waals surface area contributed by atoms with Gasteiger partial charge in [-0.25, -0.2) is 9.59 Å². The number of esters is 2. The highest BCUT2D eigenvalue weighted by molar-refractivity contribution is 6.31. The van der Waals surface area contributed by atoms with Crippen molar-refractivity contribution >= 4 is 23.5 Å². The lowest BCUT2D eigenvalue weighted by Gasteiger charge is -2.10. The van der Waals surface area contributed by atoms with Crippen LogP contribution < -0.4 is 4.74 Å². The average molecular weight is 347 g/mol. The van der Waals surface area contributed by atoms with Crippen molar-refractivity contribution in [2.75, 3.05) is 6.61 Å². The SMILES string of the molecule is CCCCOC(=O)c1ccccc1C(=O)Oc1ccc(Cl)c(C)c1. The van der Waals surface area contributed by atoms with Gasteiger partial charge >= 0.3 is 11.9 Å². The number of halogens is 1. The molecule has 0 heterocycles. The molecule has 0 bridgehead atoms. The monoisotopic (exact) mass is 346 g/mol.